The van der Waals surface area contributed by atoms with Crippen LogP contribution >= 0.6 is 0 Å². The molecule has 0 saturated carbocycles. The van der Waals surface area contributed by atoms with Crippen LogP contribution in [0.1, 0.15) is 12.5 Å². The summed E-state index contributed by atoms with van der Waals surface area (Å²) in [7, 11) is 2.77. The van der Waals surface area contributed by atoms with Crippen molar-refractivity contribution in [1.29, 1.82) is 0 Å². The summed E-state index contributed by atoms with van der Waals surface area (Å²) < 4.78 is 23.7. The lowest BCUT2D eigenvalue weighted by atomic mass is 10.1. The van der Waals surface area contributed by atoms with Gasteiger partial charge in [-0.05, 0) is 6.92 Å². The predicted octanol–water partition coefficient (Wildman–Crippen LogP) is 2.11. The number of ether oxygens (including phenoxy) is 2. The van der Waals surface area contributed by atoms with Crippen molar-refractivity contribution < 1.29 is 18.7 Å². The van der Waals surface area contributed by atoms with Crippen molar-refractivity contribution in [2.75, 3.05) is 19.5 Å². The SMILES string of the molecule is COc1cc(NC(C)=O)c(C)c(F)c1OC. The minimum Gasteiger partial charge on any atom is -0.493 e. The van der Waals surface area contributed by atoms with Crippen LogP contribution in [0.5, 0.6) is 11.5 Å². The van der Waals surface area contributed by atoms with Gasteiger partial charge in [0, 0.05) is 18.6 Å². The summed E-state index contributed by atoms with van der Waals surface area (Å²) in [5.41, 5.74) is 0.690. The molecule has 1 aromatic rings. The van der Waals surface area contributed by atoms with E-state index in [4.69, 9.17) is 9.47 Å². The molecular formula is C11H14FNO3. The van der Waals surface area contributed by atoms with E-state index in [-0.39, 0.29) is 17.4 Å². The van der Waals surface area contributed by atoms with E-state index in [1.807, 2.05) is 0 Å². The monoisotopic (exact) mass is 227 g/mol. The zero-order valence-corrected chi connectivity index (χ0v) is 9.68. The Bertz CT molecular complexity index is 418. The molecule has 0 spiro atoms. The molecule has 1 aromatic carbocycles. The largest absolute Gasteiger partial charge is 0.493 e. The number of anilines is 1. The van der Waals surface area contributed by atoms with E-state index >= 15 is 0 Å². The first-order valence-corrected chi connectivity index (χ1v) is 4.70. The maximum absolute atomic E-state index is 13.8. The van der Waals surface area contributed by atoms with Crippen molar-refractivity contribution in [2.24, 2.45) is 0 Å². The van der Waals surface area contributed by atoms with Gasteiger partial charge in [-0.25, -0.2) is 4.39 Å². The lowest BCUT2D eigenvalue weighted by molar-refractivity contribution is -0.114. The quantitative estimate of drug-likeness (QED) is 0.860. The number of rotatable bonds is 3. The van der Waals surface area contributed by atoms with Crippen molar-refractivity contribution in [3.8, 4) is 11.5 Å². The van der Waals surface area contributed by atoms with E-state index in [9.17, 15) is 9.18 Å². The third-order valence-corrected chi connectivity index (χ3v) is 2.17. The minimum atomic E-state index is -0.536. The van der Waals surface area contributed by atoms with Crippen LogP contribution in [-0.4, -0.2) is 20.1 Å². The summed E-state index contributed by atoms with van der Waals surface area (Å²) in [6.45, 7) is 2.91. The van der Waals surface area contributed by atoms with Gasteiger partial charge in [-0.3, -0.25) is 4.79 Å². The fourth-order valence-electron chi connectivity index (χ4n) is 1.36. The van der Waals surface area contributed by atoms with Crippen molar-refractivity contribution in [2.45, 2.75) is 13.8 Å². The van der Waals surface area contributed by atoms with Gasteiger partial charge in [0.25, 0.3) is 0 Å². The molecule has 16 heavy (non-hydrogen) atoms. The van der Waals surface area contributed by atoms with Gasteiger partial charge in [-0.1, -0.05) is 0 Å². The highest BCUT2D eigenvalue weighted by Gasteiger charge is 2.17. The number of hydrogen-bond acceptors (Lipinski definition) is 3. The van der Waals surface area contributed by atoms with Gasteiger partial charge >= 0.3 is 0 Å². The summed E-state index contributed by atoms with van der Waals surface area (Å²) in [6.07, 6.45) is 0. The molecule has 0 aliphatic heterocycles. The Morgan fingerprint density at radius 3 is 2.44 bits per heavy atom. The molecule has 1 amide bonds. The number of carbonyl (C=O) groups is 1. The standard InChI is InChI=1S/C11H14FNO3/c1-6-8(13-7(2)14)5-9(15-3)11(16-4)10(6)12/h5H,1-4H3,(H,13,14). The van der Waals surface area contributed by atoms with Crippen molar-refractivity contribution in [1.82, 2.24) is 0 Å². The first kappa shape index (κ1) is 12.3. The van der Waals surface area contributed by atoms with Crippen LogP contribution in [0.4, 0.5) is 10.1 Å². The Morgan fingerprint density at radius 2 is 2.00 bits per heavy atom. The smallest absolute Gasteiger partial charge is 0.221 e. The van der Waals surface area contributed by atoms with E-state index in [1.54, 1.807) is 6.92 Å². The van der Waals surface area contributed by atoms with Crippen LogP contribution in [0.25, 0.3) is 0 Å². The fourth-order valence-corrected chi connectivity index (χ4v) is 1.36. The van der Waals surface area contributed by atoms with Crippen molar-refractivity contribution >= 4 is 11.6 Å². The van der Waals surface area contributed by atoms with E-state index in [0.29, 0.717) is 11.3 Å². The molecule has 0 heterocycles. The Hall–Kier alpha value is -1.78. The summed E-state index contributed by atoms with van der Waals surface area (Å²) >= 11 is 0. The minimum absolute atomic E-state index is 0.0362. The zero-order valence-electron chi connectivity index (χ0n) is 9.68. The molecule has 0 saturated heterocycles. The molecule has 5 heteroatoms. The maximum atomic E-state index is 13.8. The maximum Gasteiger partial charge on any atom is 0.221 e. The van der Waals surface area contributed by atoms with Crippen LogP contribution in [0.3, 0.4) is 0 Å². The van der Waals surface area contributed by atoms with Gasteiger partial charge in [-0.2, -0.15) is 0 Å². The van der Waals surface area contributed by atoms with Gasteiger partial charge in [0.15, 0.2) is 17.3 Å². The molecule has 1 rings (SSSR count). The van der Waals surface area contributed by atoms with Gasteiger partial charge in [-0.15, -0.1) is 0 Å². The topological polar surface area (TPSA) is 47.6 Å². The summed E-state index contributed by atoms with van der Waals surface area (Å²) in [5.74, 6) is -0.524. The highest BCUT2D eigenvalue weighted by molar-refractivity contribution is 5.90. The molecule has 0 atom stereocenters. The fraction of sp³-hybridized carbons (Fsp3) is 0.364. The first-order valence-electron chi connectivity index (χ1n) is 4.70. The number of carbonyl (C=O) groups excluding carboxylic acids is 1. The molecule has 4 nitrogen and oxygen atoms in total. The second-order valence-corrected chi connectivity index (χ2v) is 3.28. The second kappa shape index (κ2) is 4.83. The van der Waals surface area contributed by atoms with Gasteiger partial charge < -0.3 is 14.8 Å². The van der Waals surface area contributed by atoms with E-state index in [0.717, 1.165) is 0 Å². The molecule has 0 unspecified atom stereocenters. The molecular weight excluding hydrogens is 213 g/mol. The highest BCUT2D eigenvalue weighted by atomic mass is 19.1. The number of halogens is 1. The Labute approximate surface area is 93.4 Å². The number of hydrogen-bond donors (Lipinski definition) is 1. The number of amides is 1. The normalized spacial score (nSPS) is 9.81. The second-order valence-electron chi connectivity index (χ2n) is 3.28. The average Bonchev–Trinajstić information content (AvgIpc) is 2.24. The van der Waals surface area contributed by atoms with Gasteiger partial charge in [0.05, 0.1) is 19.9 Å². The molecule has 0 aromatic heterocycles. The predicted molar refractivity (Wildman–Crippen MR) is 58.5 cm³/mol. The van der Waals surface area contributed by atoms with Crippen LogP contribution in [0.15, 0.2) is 6.07 Å². The number of benzene rings is 1. The Kier molecular flexibility index (Phi) is 3.71. The molecule has 1 N–H and O–H groups in total. The van der Waals surface area contributed by atoms with Crippen molar-refractivity contribution in [3.05, 3.63) is 17.4 Å². The Balaban J connectivity index is 3.32. The van der Waals surface area contributed by atoms with Crippen LogP contribution in [0, 0.1) is 12.7 Å². The van der Waals surface area contributed by atoms with Crippen molar-refractivity contribution in [3.63, 3.8) is 0 Å². The molecule has 0 aliphatic carbocycles. The van der Waals surface area contributed by atoms with E-state index in [2.05, 4.69) is 5.32 Å². The number of methoxy groups -OCH3 is 2. The van der Waals surface area contributed by atoms with E-state index < -0.39 is 5.82 Å². The molecule has 88 valence electrons. The zero-order chi connectivity index (χ0) is 12.3. The Morgan fingerprint density at radius 1 is 1.38 bits per heavy atom. The van der Waals surface area contributed by atoms with Gasteiger partial charge in [0.1, 0.15) is 0 Å². The average molecular weight is 227 g/mol. The lowest BCUT2D eigenvalue weighted by Crippen LogP contribution is -2.09. The third kappa shape index (κ3) is 2.24. The third-order valence-electron chi connectivity index (χ3n) is 2.17. The summed E-state index contributed by atoms with van der Waals surface area (Å²) in [4.78, 5) is 10.9. The van der Waals surface area contributed by atoms with E-state index in [1.165, 1.54) is 27.2 Å². The summed E-state index contributed by atoms with van der Waals surface area (Å²) in [5, 5.41) is 2.53. The first-order chi connectivity index (χ1) is 7.51. The number of nitrogens with one attached hydrogen (secondary N) is 1. The molecule has 0 fully saturated rings. The van der Waals surface area contributed by atoms with Gasteiger partial charge in [0.2, 0.25) is 5.91 Å². The van der Waals surface area contributed by atoms with Crippen LogP contribution < -0.4 is 14.8 Å². The summed E-state index contributed by atoms with van der Waals surface area (Å²) in [6, 6.07) is 1.53. The lowest BCUT2D eigenvalue weighted by Gasteiger charge is -2.14. The highest BCUT2D eigenvalue weighted by Crippen LogP contribution is 2.36. The molecule has 0 bridgehead atoms. The van der Waals surface area contributed by atoms with Crippen LogP contribution in [0.2, 0.25) is 0 Å². The molecule has 0 aliphatic rings. The molecule has 0 radical (unpaired) electrons. The van der Waals surface area contributed by atoms with Crippen LogP contribution in [-0.2, 0) is 4.79 Å².